The van der Waals surface area contributed by atoms with Crippen molar-refractivity contribution in [1.29, 1.82) is 0 Å². The molecule has 4 heterocycles. The molecule has 5 rings (SSSR count). The Morgan fingerprint density at radius 2 is 1.51 bits per heavy atom. The van der Waals surface area contributed by atoms with Crippen LogP contribution in [0.4, 0.5) is 0 Å². The number of likely N-dealkylation sites (N-methyl/N-ethyl adjacent to an activating group) is 1. The quantitative estimate of drug-likeness (QED) is 0.0789. The minimum absolute atomic E-state index is 0.0219. The van der Waals surface area contributed by atoms with Gasteiger partial charge in [-0.3, -0.25) is 43.1 Å². The van der Waals surface area contributed by atoms with Crippen LogP contribution in [0.25, 0.3) is 0 Å². The highest BCUT2D eigenvalue weighted by Gasteiger charge is 2.43. The SMILES string of the molecule is CC[C@H](C)[C@@H]([C@@H](CC(=O)N1CCC[C@H]1[C@H](OC)[C@@H](C)C(=O)C[C@@H](Cc1ccccc1)C(C)=O)OC)N(C)C(=O)[C@@H](N=C(N(C)C)N1CCN(C(=O)CCCn2cc(CN3C(=O)C=CC3=O)nn2)CC1)C(C)C. The summed E-state index contributed by atoms with van der Waals surface area (Å²) < 4.78 is 13.8. The Bertz CT molecular complexity index is 2220. The van der Waals surface area contributed by atoms with Crippen LogP contribution in [-0.2, 0) is 62.5 Å². The van der Waals surface area contributed by atoms with E-state index in [0.29, 0.717) is 76.6 Å². The number of guanidine groups is 1. The maximum absolute atomic E-state index is 14.8. The number of imide groups is 1. The fourth-order valence-corrected chi connectivity index (χ4v) is 10.3. The van der Waals surface area contributed by atoms with Gasteiger partial charge in [-0.1, -0.05) is 76.6 Å². The number of aryl methyl sites for hydroxylation is 1. The predicted octanol–water partition coefficient (Wildman–Crippen LogP) is 3.90. The van der Waals surface area contributed by atoms with E-state index < -0.39 is 36.1 Å². The van der Waals surface area contributed by atoms with Gasteiger partial charge in [-0.2, -0.15) is 0 Å². The van der Waals surface area contributed by atoms with Gasteiger partial charge in [-0.15, -0.1) is 5.10 Å². The molecule has 0 radical (unpaired) electrons. The van der Waals surface area contributed by atoms with E-state index in [2.05, 4.69) is 29.1 Å². The Morgan fingerprint density at radius 1 is 0.861 bits per heavy atom. The van der Waals surface area contributed by atoms with Gasteiger partial charge in [0.2, 0.25) is 17.7 Å². The number of piperazine rings is 1. The Hall–Kier alpha value is -5.82. The number of hydrogen-bond acceptors (Lipinski definition) is 12. The number of hydrogen-bond donors (Lipinski definition) is 0. The van der Waals surface area contributed by atoms with E-state index >= 15 is 0 Å². The molecule has 8 atom stereocenters. The molecule has 1 aromatic heterocycles. The van der Waals surface area contributed by atoms with Crippen LogP contribution >= 0.6 is 0 Å². The molecule has 3 aliphatic rings. The number of carbonyl (C=O) groups is 7. The molecule has 0 unspecified atom stereocenters. The van der Waals surface area contributed by atoms with E-state index in [1.165, 1.54) is 19.1 Å². The Kier molecular flexibility index (Phi) is 21.2. The molecule has 2 saturated heterocycles. The molecule has 19 nitrogen and oxygen atoms in total. The Labute approximate surface area is 426 Å². The van der Waals surface area contributed by atoms with Crippen molar-refractivity contribution >= 4 is 47.1 Å². The van der Waals surface area contributed by atoms with Crippen LogP contribution in [0.15, 0.2) is 53.7 Å². The lowest BCUT2D eigenvalue weighted by molar-refractivity contribution is -0.146. The van der Waals surface area contributed by atoms with Gasteiger partial charge >= 0.3 is 0 Å². The van der Waals surface area contributed by atoms with E-state index in [-0.39, 0.29) is 78.4 Å². The second-order valence-electron chi connectivity index (χ2n) is 20.3. The number of aliphatic imine (C=N–C) groups is 1. The second-order valence-corrected chi connectivity index (χ2v) is 20.3. The fourth-order valence-electron chi connectivity index (χ4n) is 10.3. The zero-order chi connectivity index (χ0) is 52.8. The van der Waals surface area contributed by atoms with Crippen molar-refractivity contribution in [2.45, 2.75) is 136 Å². The molecule has 5 amide bonds. The summed E-state index contributed by atoms with van der Waals surface area (Å²) >= 11 is 0. The summed E-state index contributed by atoms with van der Waals surface area (Å²) in [6, 6.07) is 8.13. The largest absolute Gasteiger partial charge is 0.379 e. The molecule has 0 N–H and O–H groups in total. The van der Waals surface area contributed by atoms with Gasteiger partial charge < -0.3 is 34.0 Å². The van der Waals surface area contributed by atoms with Crippen molar-refractivity contribution in [3.8, 4) is 0 Å². The van der Waals surface area contributed by atoms with Crippen LogP contribution in [0.5, 0.6) is 0 Å². The summed E-state index contributed by atoms with van der Waals surface area (Å²) in [4.78, 5) is 109. The van der Waals surface area contributed by atoms with Gasteiger partial charge in [-0.25, -0.2) is 4.99 Å². The summed E-state index contributed by atoms with van der Waals surface area (Å²) in [5.74, 6) is -1.76. The molecule has 72 heavy (non-hydrogen) atoms. The zero-order valence-corrected chi connectivity index (χ0v) is 44.6. The number of aromatic nitrogens is 3. The van der Waals surface area contributed by atoms with Gasteiger partial charge in [-0.05, 0) is 50.0 Å². The number of rotatable bonds is 25. The maximum Gasteiger partial charge on any atom is 0.253 e. The van der Waals surface area contributed by atoms with E-state index in [0.717, 1.165) is 23.3 Å². The first-order valence-corrected chi connectivity index (χ1v) is 25.7. The fraction of sp³-hybridized carbons (Fsp3) is 0.660. The minimum Gasteiger partial charge on any atom is -0.379 e. The smallest absolute Gasteiger partial charge is 0.253 e. The van der Waals surface area contributed by atoms with Crippen LogP contribution in [0.3, 0.4) is 0 Å². The highest BCUT2D eigenvalue weighted by molar-refractivity contribution is 6.12. The molecule has 0 aliphatic carbocycles. The zero-order valence-electron chi connectivity index (χ0n) is 44.6. The molecular weight excluding hydrogens is 921 g/mol. The van der Waals surface area contributed by atoms with Crippen molar-refractivity contribution in [3.05, 3.63) is 59.9 Å². The maximum atomic E-state index is 14.8. The third kappa shape index (κ3) is 14.7. The standard InChI is InChI=1S/C53H80N10O9/c1-12-36(4)50(44(71-10)32-48(69)62-25-16-20-42(62)51(72-11)37(5)43(65)31-40(38(6)64)30-39-18-14-13-15-19-39)58(9)52(70)49(35(2)3)54-53(57(7)8)60-28-26-59(27-29-60)45(66)21-17-24-61-33-41(55-56-61)34-63-46(67)22-23-47(63)68/h13-15,18-19,22-23,33,35-37,40,42,44,49-51H,12,16-17,20-21,24-32,34H2,1-11H3/t36-,37-,40+,42-,44+,49-,50-,51+/m0/s1. The summed E-state index contributed by atoms with van der Waals surface area (Å²) in [5.41, 5.74) is 1.48. The van der Waals surface area contributed by atoms with E-state index in [1.54, 1.807) is 37.0 Å². The molecule has 1 aromatic carbocycles. The molecule has 0 spiro atoms. The highest BCUT2D eigenvalue weighted by atomic mass is 16.5. The number of ether oxygens (including phenoxy) is 2. The summed E-state index contributed by atoms with van der Waals surface area (Å²) in [6.45, 7) is 14.5. The molecule has 396 valence electrons. The van der Waals surface area contributed by atoms with E-state index in [1.807, 2.05) is 79.9 Å². The van der Waals surface area contributed by atoms with Gasteiger partial charge in [0, 0.05) is 111 Å². The molecule has 2 fully saturated rings. The number of nitrogens with zero attached hydrogens (tertiary/aromatic N) is 10. The number of ketones is 2. The minimum atomic E-state index is -0.753. The number of Topliss-reactive ketones (excluding diaryl/α,β-unsaturated/α-hetero) is 2. The number of methoxy groups -OCH3 is 2. The van der Waals surface area contributed by atoms with Crippen LogP contribution in [0, 0.1) is 23.7 Å². The lowest BCUT2D eigenvalue weighted by atomic mass is 9.84. The number of benzene rings is 1. The van der Waals surface area contributed by atoms with Gasteiger partial charge in [0.05, 0.1) is 43.5 Å². The first kappa shape index (κ1) is 57.1. The van der Waals surface area contributed by atoms with Crippen molar-refractivity contribution < 1.29 is 43.0 Å². The highest BCUT2D eigenvalue weighted by Crippen LogP contribution is 2.31. The lowest BCUT2D eigenvalue weighted by Gasteiger charge is -2.41. The van der Waals surface area contributed by atoms with Gasteiger partial charge in [0.15, 0.2) is 5.96 Å². The first-order valence-electron chi connectivity index (χ1n) is 25.7. The monoisotopic (exact) mass is 1000 g/mol. The number of carbonyl (C=O) groups excluding carboxylic acids is 7. The average Bonchev–Trinajstić information content (AvgIpc) is 4.11. The Balaban J connectivity index is 1.20. The predicted molar refractivity (Wildman–Crippen MR) is 272 cm³/mol. The van der Waals surface area contributed by atoms with Gasteiger partial charge in [0.25, 0.3) is 11.8 Å². The van der Waals surface area contributed by atoms with Crippen molar-refractivity contribution in [2.75, 3.05) is 68.1 Å². The van der Waals surface area contributed by atoms with Crippen LogP contribution in [0.1, 0.15) is 97.7 Å². The average molecular weight is 1000 g/mol. The van der Waals surface area contributed by atoms with E-state index in [4.69, 9.17) is 14.5 Å². The van der Waals surface area contributed by atoms with E-state index in [9.17, 15) is 33.6 Å². The van der Waals surface area contributed by atoms with Crippen LogP contribution < -0.4 is 0 Å². The molecule has 0 bridgehead atoms. The first-order chi connectivity index (χ1) is 34.3. The summed E-state index contributed by atoms with van der Waals surface area (Å²) in [7, 11) is 8.73. The molecule has 2 aromatic rings. The van der Waals surface area contributed by atoms with Crippen molar-refractivity contribution in [1.82, 2.24) is 44.4 Å². The topological polar surface area (TPSA) is 200 Å². The molecule has 19 heteroatoms. The third-order valence-electron chi connectivity index (χ3n) is 14.7. The summed E-state index contributed by atoms with van der Waals surface area (Å²) in [6.07, 6.45) is 6.51. The van der Waals surface area contributed by atoms with Crippen molar-refractivity contribution in [3.63, 3.8) is 0 Å². The lowest BCUT2D eigenvalue weighted by Crippen LogP contribution is -2.56. The Morgan fingerprint density at radius 3 is 2.10 bits per heavy atom. The number of amides is 5. The second kappa shape index (κ2) is 26.8. The summed E-state index contributed by atoms with van der Waals surface area (Å²) in [5, 5.41) is 8.18. The molecule has 0 saturated carbocycles. The normalized spacial score (nSPS) is 19.3. The molecule has 3 aliphatic heterocycles. The van der Waals surface area contributed by atoms with Crippen LogP contribution in [-0.4, -0.2) is 190 Å². The molecular formula is C53H80N10O9. The third-order valence-corrected chi connectivity index (χ3v) is 14.7. The van der Waals surface area contributed by atoms with Crippen molar-refractivity contribution in [2.24, 2.45) is 28.7 Å². The number of likely N-dealkylation sites (tertiary alicyclic amines) is 1. The van der Waals surface area contributed by atoms with Crippen LogP contribution in [0.2, 0.25) is 0 Å². The van der Waals surface area contributed by atoms with Gasteiger partial charge in [0.1, 0.15) is 23.3 Å².